The van der Waals surface area contributed by atoms with Crippen LogP contribution in [0.1, 0.15) is 66.6 Å². The van der Waals surface area contributed by atoms with Gasteiger partial charge in [0.1, 0.15) is 17.8 Å². The molecule has 5 amide bonds. The normalized spacial score (nSPS) is 19.1. The van der Waals surface area contributed by atoms with Crippen LogP contribution in [0, 0.1) is 17.2 Å². The summed E-state index contributed by atoms with van der Waals surface area (Å²) in [5.74, 6) is -5.94. The maximum atomic E-state index is 13.9. The molecule has 0 aliphatic carbocycles. The minimum Gasteiger partial charge on any atom is -0.379 e. The molecule has 0 radical (unpaired) electrons. The summed E-state index contributed by atoms with van der Waals surface area (Å²) in [5, 5.41) is 29.3. The minimum absolute atomic E-state index is 0.0203. The summed E-state index contributed by atoms with van der Waals surface area (Å²) in [4.78, 5) is 66.5. The largest absolute Gasteiger partial charge is 0.379 e. The van der Waals surface area contributed by atoms with Gasteiger partial charge in [-0.15, -0.1) is 5.10 Å². The van der Waals surface area contributed by atoms with E-state index < -0.39 is 48.7 Å². The molecule has 0 saturated carbocycles. The molecule has 17 nitrogen and oxygen atoms in total. The number of aromatic nitrogens is 3. The number of carbonyl (C=O) groups excluding carboxylic acids is 5. The number of nitrogens with zero attached hydrogens (tertiary/aromatic N) is 6. The van der Waals surface area contributed by atoms with Crippen LogP contribution in [0.3, 0.4) is 0 Å². The second-order valence-corrected chi connectivity index (χ2v) is 15.7. The lowest BCUT2D eigenvalue weighted by Crippen LogP contribution is -2.46. The molecule has 2 aromatic carbocycles. The Morgan fingerprint density at radius 3 is 2.51 bits per heavy atom. The Hall–Kier alpha value is -5.84. The molecule has 4 N–H and O–H groups in total. The van der Waals surface area contributed by atoms with E-state index >= 15 is 0 Å². The van der Waals surface area contributed by atoms with Crippen LogP contribution in [0.4, 0.5) is 8.78 Å². The maximum Gasteiger partial charge on any atom is 0.268 e. The average molecular weight is 847 g/mol. The third kappa shape index (κ3) is 12.1. The number of halogens is 2. The second kappa shape index (κ2) is 20.6. The van der Waals surface area contributed by atoms with Crippen molar-refractivity contribution in [2.75, 3.05) is 52.6 Å². The molecular formula is C42H52F2N10O7. The summed E-state index contributed by atoms with van der Waals surface area (Å²) in [6, 6.07) is 12.5. The summed E-state index contributed by atoms with van der Waals surface area (Å²) in [5.41, 5.74) is 4.65. The van der Waals surface area contributed by atoms with Gasteiger partial charge in [0.2, 0.25) is 23.6 Å². The van der Waals surface area contributed by atoms with E-state index in [1.54, 1.807) is 46.1 Å². The fourth-order valence-corrected chi connectivity index (χ4v) is 7.55. The van der Waals surface area contributed by atoms with Crippen molar-refractivity contribution < 1.29 is 42.2 Å². The molecule has 19 heteroatoms. The fourth-order valence-electron chi connectivity index (χ4n) is 7.55. The Bertz CT molecular complexity index is 2090. The van der Waals surface area contributed by atoms with Gasteiger partial charge in [-0.05, 0) is 35.2 Å². The highest BCUT2D eigenvalue weighted by Crippen LogP contribution is 2.34. The number of ether oxygens (including phenoxy) is 2. The first kappa shape index (κ1) is 44.7. The standard InChI is InChI=1S/C42H52F2N10O7/c1-27(2)46-13-15-61-17-16-60-14-10-37(55)47-11-12-48-39(57)29-8-6-28(7-9-29)36-25-53(51-50-36)23-31-5-3-4-30-22-52(24-34(30)31)38(56)19-32-18-35(49-40(32)58)41(59)54-26-42(43,44)20-33(54)21-45/h3-9,25,27,32-33,35,46H,10-20,22-24,26H2,1-2H3,(H,47,55)(H,48,57)(H,49,58)/t32-,33-,35-/m0/s1. The van der Waals surface area contributed by atoms with Crippen molar-refractivity contribution in [2.45, 2.75) is 83.2 Å². The van der Waals surface area contributed by atoms with Gasteiger partial charge in [-0.3, -0.25) is 24.0 Å². The predicted octanol–water partition coefficient (Wildman–Crippen LogP) is 1.76. The number of amides is 5. The molecule has 2 fully saturated rings. The molecule has 2 saturated heterocycles. The highest BCUT2D eigenvalue weighted by molar-refractivity contribution is 5.95. The van der Waals surface area contributed by atoms with Crippen molar-refractivity contribution in [3.63, 3.8) is 0 Å². The third-order valence-electron chi connectivity index (χ3n) is 10.8. The lowest BCUT2D eigenvalue weighted by molar-refractivity contribution is -0.135. The van der Waals surface area contributed by atoms with Gasteiger partial charge >= 0.3 is 0 Å². The Morgan fingerprint density at radius 1 is 1.00 bits per heavy atom. The van der Waals surface area contributed by atoms with Crippen molar-refractivity contribution in [2.24, 2.45) is 5.92 Å². The molecule has 3 aliphatic rings. The van der Waals surface area contributed by atoms with Gasteiger partial charge in [0, 0.05) is 75.1 Å². The van der Waals surface area contributed by atoms with Crippen LogP contribution in [0.2, 0.25) is 0 Å². The van der Waals surface area contributed by atoms with Gasteiger partial charge in [-0.25, -0.2) is 13.5 Å². The quantitative estimate of drug-likeness (QED) is 0.120. The van der Waals surface area contributed by atoms with E-state index in [0.29, 0.717) is 56.8 Å². The number of carbonyl (C=O) groups is 5. The van der Waals surface area contributed by atoms with Gasteiger partial charge in [-0.1, -0.05) is 49.4 Å². The van der Waals surface area contributed by atoms with E-state index in [2.05, 4.69) is 45.4 Å². The lowest BCUT2D eigenvalue weighted by atomic mass is 9.99. The molecule has 3 aromatic rings. The molecule has 0 bridgehead atoms. The number of hydrogen-bond donors (Lipinski definition) is 4. The van der Waals surface area contributed by atoms with E-state index in [0.717, 1.165) is 33.7 Å². The van der Waals surface area contributed by atoms with Gasteiger partial charge < -0.3 is 40.5 Å². The summed E-state index contributed by atoms with van der Waals surface area (Å²) < 4.78 is 40.5. The Morgan fingerprint density at radius 2 is 1.75 bits per heavy atom. The first-order chi connectivity index (χ1) is 29.3. The van der Waals surface area contributed by atoms with Gasteiger partial charge in [0.05, 0.1) is 51.8 Å². The number of nitriles is 1. The smallest absolute Gasteiger partial charge is 0.268 e. The van der Waals surface area contributed by atoms with Gasteiger partial charge in [0.15, 0.2) is 0 Å². The van der Waals surface area contributed by atoms with E-state index in [4.69, 9.17) is 9.47 Å². The molecule has 0 unspecified atom stereocenters. The number of nitrogens with one attached hydrogen (secondary N) is 4. The number of fused-ring (bicyclic) bond motifs is 1. The monoisotopic (exact) mass is 846 g/mol. The first-order valence-corrected chi connectivity index (χ1v) is 20.5. The summed E-state index contributed by atoms with van der Waals surface area (Å²) >= 11 is 0. The molecular weight excluding hydrogens is 795 g/mol. The van der Waals surface area contributed by atoms with Crippen molar-refractivity contribution in [3.05, 3.63) is 70.9 Å². The fraction of sp³-hybridized carbons (Fsp3) is 0.524. The molecule has 4 heterocycles. The van der Waals surface area contributed by atoms with E-state index in [1.807, 2.05) is 18.2 Å². The van der Waals surface area contributed by atoms with Crippen LogP contribution in [-0.4, -0.2) is 131 Å². The van der Waals surface area contributed by atoms with Crippen molar-refractivity contribution in [3.8, 4) is 17.3 Å². The summed E-state index contributed by atoms with van der Waals surface area (Å²) in [6.45, 7) is 7.35. The molecule has 3 atom stereocenters. The number of alkyl halides is 2. The zero-order valence-corrected chi connectivity index (χ0v) is 34.3. The highest BCUT2D eigenvalue weighted by Gasteiger charge is 2.50. The zero-order valence-electron chi connectivity index (χ0n) is 34.3. The van der Waals surface area contributed by atoms with Crippen LogP contribution < -0.4 is 21.3 Å². The maximum absolute atomic E-state index is 13.9. The highest BCUT2D eigenvalue weighted by atomic mass is 19.3. The second-order valence-electron chi connectivity index (χ2n) is 15.7. The molecule has 326 valence electrons. The SMILES string of the molecule is CC(C)NCCOCCOCCC(=O)NCCNC(=O)c1ccc(-c2cn(Cc3cccc4c3CN(C(=O)C[C@@H]3C[C@@H](C(=O)N5CC(F)(F)C[C@H]5C#N)NC3=O)C4)nn2)cc1. The average Bonchev–Trinajstić information content (AvgIpc) is 4.04. The molecule has 0 spiro atoms. The third-order valence-corrected chi connectivity index (χ3v) is 10.8. The van der Waals surface area contributed by atoms with E-state index in [1.165, 1.54) is 0 Å². The van der Waals surface area contributed by atoms with Crippen LogP contribution in [0.25, 0.3) is 11.3 Å². The number of likely N-dealkylation sites (tertiary alicyclic amines) is 1. The van der Waals surface area contributed by atoms with Crippen LogP contribution in [0.5, 0.6) is 0 Å². The Kier molecular flexibility index (Phi) is 15.1. The lowest BCUT2D eigenvalue weighted by Gasteiger charge is -2.22. The van der Waals surface area contributed by atoms with Crippen LogP contribution in [0.15, 0.2) is 48.7 Å². The number of hydrogen-bond acceptors (Lipinski definition) is 11. The van der Waals surface area contributed by atoms with Crippen molar-refractivity contribution in [1.82, 2.24) is 46.1 Å². The van der Waals surface area contributed by atoms with Crippen molar-refractivity contribution >= 4 is 29.5 Å². The van der Waals surface area contributed by atoms with E-state index in [9.17, 15) is 38.0 Å². The Labute approximate surface area is 352 Å². The van der Waals surface area contributed by atoms with E-state index in [-0.39, 0.29) is 56.7 Å². The van der Waals surface area contributed by atoms with Crippen molar-refractivity contribution in [1.29, 1.82) is 5.26 Å². The topological polar surface area (TPSA) is 213 Å². The summed E-state index contributed by atoms with van der Waals surface area (Å²) in [7, 11) is 0. The molecule has 1 aromatic heterocycles. The first-order valence-electron chi connectivity index (χ1n) is 20.5. The zero-order chi connectivity index (χ0) is 43.5. The molecule has 6 rings (SSSR count). The predicted molar refractivity (Wildman–Crippen MR) is 215 cm³/mol. The number of benzene rings is 2. The minimum atomic E-state index is -3.18. The molecule has 3 aliphatic heterocycles. The molecule has 61 heavy (non-hydrogen) atoms. The Balaban J connectivity index is 0.911. The summed E-state index contributed by atoms with van der Waals surface area (Å²) in [6.07, 6.45) is 1.09. The number of rotatable bonds is 20. The van der Waals surface area contributed by atoms with Crippen LogP contribution in [-0.2, 0) is 48.3 Å². The van der Waals surface area contributed by atoms with Crippen LogP contribution >= 0.6 is 0 Å². The van der Waals surface area contributed by atoms with Gasteiger partial charge in [-0.2, -0.15) is 5.26 Å². The van der Waals surface area contributed by atoms with Gasteiger partial charge in [0.25, 0.3) is 11.8 Å².